The predicted molar refractivity (Wildman–Crippen MR) is 85.7 cm³/mol. The van der Waals surface area contributed by atoms with Crippen LogP contribution in [0.3, 0.4) is 0 Å². The van der Waals surface area contributed by atoms with Gasteiger partial charge in [-0.2, -0.15) is 0 Å². The molecule has 2 atom stereocenters. The first-order valence-electron chi connectivity index (χ1n) is 6.93. The number of hydrogen-bond acceptors (Lipinski definition) is 3. The van der Waals surface area contributed by atoms with Crippen LogP contribution in [-0.2, 0) is 4.79 Å². The van der Waals surface area contributed by atoms with E-state index in [2.05, 4.69) is 0 Å². The van der Waals surface area contributed by atoms with Gasteiger partial charge in [-0.3, -0.25) is 4.79 Å². The molecule has 1 N–H and O–H groups in total. The molecule has 0 bridgehead atoms. The number of halogens is 1. The lowest BCUT2D eigenvalue weighted by molar-refractivity contribution is -0.123. The number of aromatic hydroxyl groups is 1. The van der Waals surface area contributed by atoms with Gasteiger partial charge in [-0.15, -0.1) is 11.6 Å². The summed E-state index contributed by atoms with van der Waals surface area (Å²) >= 11 is 6.20. The average Bonchev–Trinajstić information content (AvgIpc) is 2.52. The van der Waals surface area contributed by atoms with Crippen molar-refractivity contribution < 1.29 is 14.6 Å². The van der Waals surface area contributed by atoms with Crippen molar-refractivity contribution >= 4 is 23.2 Å². The highest BCUT2D eigenvalue weighted by molar-refractivity contribution is 6.37. The molecule has 1 heterocycles. The van der Waals surface area contributed by atoms with Crippen LogP contribution in [0.15, 0.2) is 42.5 Å². The number of aryl methyl sites for hydroxylation is 1. The van der Waals surface area contributed by atoms with Crippen LogP contribution in [0, 0.1) is 6.92 Å². The van der Waals surface area contributed by atoms with Crippen molar-refractivity contribution in [3.8, 4) is 11.5 Å². The zero-order chi connectivity index (χ0) is 15.9. The van der Waals surface area contributed by atoms with E-state index < -0.39 is 5.38 Å². The Bertz CT molecular complexity index is 714. The van der Waals surface area contributed by atoms with Crippen LogP contribution >= 0.6 is 11.6 Å². The SMILES string of the molecule is COc1ccc([C@@H]2[C@H](Cl)C(=O)N2c2ccc(C)cc2)cc1O. The first-order valence-corrected chi connectivity index (χ1v) is 7.37. The minimum Gasteiger partial charge on any atom is -0.504 e. The fourth-order valence-electron chi connectivity index (χ4n) is 2.66. The highest BCUT2D eigenvalue weighted by Gasteiger charge is 2.48. The monoisotopic (exact) mass is 317 g/mol. The topological polar surface area (TPSA) is 49.8 Å². The van der Waals surface area contributed by atoms with E-state index in [4.69, 9.17) is 16.3 Å². The number of ether oxygens (including phenoxy) is 1. The average molecular weight is 318 g/mol. The molecule has 2 aromatic carbocycles. The molecule has 1 amide bonds. The standard InChI is InChI=1S/C17H16ClNO3/c1-10-3-6-12(7-4-10)19-16(15(18)17(19)21)11-5-8-14(22-2)13(20)9-11/h3-9,15-16,20H,1-2H3/t15-,16+/m0/s1. The first kappa shape index (κ1) is 14.7. The summed E-state index contributed by atoms with van der Waals surface area (Å²) in [7, 11) is 1.49. The summed E-state index contributed by atoms with van der Waals surface area (Å²) in [6.45, 7) is 1.99. The highest BCUT2D eigenvalue weighted by atomic mass is 35.5. The number of rotatable bonds is 3. The van der Waals surface area contributed by atoms with E-state index in [9.17, 15) is 9.90 Å². The quantitative estimate of drug-likeness (QED) is 0.697. The van der Waals surface area contributed by atoms with Gasteiger partial charge in [0.05, 0.1) is 13.2 Å². The molecular formula is C17H16ClNO3. The third kappa shape index (κ3) is 2.29. The summed E-state index contributed by atoms with van der Waals surface area (Å²) in [5, 5.41) is 9.30. The van der Waals surface area contributed by atoms with E-state index in [1.165, 1.54) is 7.11 Å². The van der Waals surface area contributed by atoms with Gasteiger partial charge in [0.2, 0.25) is 5.91 Å². The summed E-state index contributed by atoms with van der Waals surface area (Å²) in [6, 6.07) is 12.5. The number of carbonyl (C=O) groups is 1. The van der Waals surface area contributed by atoms with Gasteiger partial charge in [0, 0.05) is 5.69 Å². The number of phenols is 1. The van der Waals surface area contributed by atoms with Gasteiger partial charge in [-0.05, 0) is 36.8 Å². The van der Waals surface area contributed by atoms with Crippen molar-refractivity contribution in [1.82, 2.24) is 0 Å². The molecule has 1 aliphatic heterocycles. The number of hydrogen-bond donors (Lipinski definition) is 1. The largest absolute Gasteiger partial charge is 0.504 e. The number of nitrogens with zero attached hydrogens (tertiary/aromatic N) is 1. The van der Waals surface area contributed by atoms with Crippen LogP contribution in [0.25, 0.3) is 0 Å². The minimum atomic E-state index is -0.630. The smallest absolute Gasteiger partial charge is 0.248 e. The molecule has 0 saturated carbocycles. The molecule has 0 radical (unpaired) electrons. The van der Waals surface area contributed by atoms with E-state index in [-0.39, 0.29) is 17.7 Å². The maximum Gasteiger partial charge on any atom is 0.248 e. The Morgan fingerprint density at radius 2 is 1.86 bits per heavy atom. The lowest BCUT2D eigenvalue weighted by atomic mass is 9.92. The van der Waals surface area contributed by atoms with Crippen molar-refractivity contribution in [1.29, 1.82) is 0 Å². The summed E-state index contributed by atoms with van der Waals surface area (Å²) < 4.78 is 5.04. The maximum atomic E-state index is 12.1. The molecule has 0 aliphatic carbocycles. The lowest BCUT2D eigenvalue weighted by Gasteiger charge is -2.44. The van der Waals surface area contributed by atoms with E-state index in [0.717, 1.165) is 16.8 Å². The van der Waals surface area contributed by atoms with Crippen molar-refractivity contribution in [2.24, 2.45) is 0 Å². The van der Waals surface area contributed by atoms with Crippen molar-refractivity contribution in [3.05, 3.63) is 53.6 Å². The number of amides is 1. The van der Waals surface area contributed by atoms with E-state index in [1.807, 2.05) is 37.3 Å². The zero-order valence-corrected chi connectivity index (χ0v) is 13.0. The Morgan fingerprint density at radius 1 is 1.18 bits per heavy atom. The molecule has 4 nitrogen and oxygen atoms in total. The van der Waals surface area contributed by atoms with E-state index in [0.29, 0.717) is 5.75 Å². The van der Waals surface area contributed by atoms with Crippen LogP contribution in [0.2, 0.25) is 0 Å². The number of methoxy groups -OCH3 is 1. The van der Waals surface area contributed by atoms with Gasteiger partial charge < -0.3 is 14.7 Å². The normalized spacial score (nSPS) is 20.7. The second-order valence-corrected chi connectivity index (χ2v) is 5.79. The van der Waals surface area contributed by atoms with Gasteiger partial charge >= 0.3 is 0 Å². The third-order valence-corrected chi connectivity index (χ3v) is 4.31. The summed E-state index contributed by atoms with van der Waals surface area (Å²) in [5.41, 5.74) is 2.70. The van der Waals surface area contributed by atoms with Crippen LogP contribution in [0.5, 0.6) is 11.5 Å². The van der Waals surface area contributed by atoms with Gasteiger partial charge in [0.15, 0.2) is 11.5 Å². The second-order valence-electron chi connectivity index (χ2n) is 5.32. The van der Waals surface area contributed by atoms with Gasteiger partial charge in [0.25, 0.3) is 0 Å². The number of carbonyl (C=O) groups excluding carboxylic acids is 1. The molecule has 0 spiro atoms. The highest BCUT2D eigenvalue weighted by Crippen LogP contribution is 2.43. The molecule has 22 heavy (non-hydrogen) atoms. The maximum absolute atomic E-state index is 12.1. The van der Waals surface area contributed by atoms with E-state index >= 15 is 0 Å². The summed E-state index contributed by atoms with van der Waals surface area (Å²) in [4.78, 5) is 13.8. The van der Waals surface area contributed by atoms with Crippen LogP contribution in [-0.4, -0.2) is 23.5 Å². The zero-order valence-electron chi connectivity index (χ0n) is 12.3. The Morgan fingerprint density at radius 3 is 2.45 bits per heavy atom. The van der Waals surface area contributed by atoms with Crippen LogP contribution in [0.1, 0.15) is 17.2 Å². The fraction of sp³-hybridized carbons (Fsp3) is 0.235. The Balaban J connectivity index is 1.96. The van der Waals surface area contributed by atoms with Crippen LogP contribution in [0.4, 0.5) is 5.69 Å². The fourth-order valence-corrected chi connectivity index (χ4v) is 3.02. The molecule has 5 heteroatoms. The Hall–Kier alpha value is -2.20. The number of alkyl halides is 1. The lowest BCUT2D eigenvalue weighted by Crippen LogP contribution is -2.56. The first-order chi connectivity index (χ1) is 10.5. The van der Waals surface area contributed by atoms with Crippen molar-refractivity contribution in [2.45, 2.75) is 18.3 Å². The van der Waals surface area contributed by atoms with Crippen molar-refractivity contribution in [2.75, 3.05) is 12.0 Å². The van der Waals surface area contributed by atoms with Gasteiger partial charge in [0.1, 0.15) is 5.38 Å². The molecule has 3 rings (SSSR count). The third-order valence-electron chi connectivity index (χ3n) is 3.89. The van der Waals surface area contributed by atoms with Crippen molar-refractivity contribution in [3.63, 3.8) is 0 Å². The molecule has 1 saturated heterocycles. The van der Waals surface area contributed by atoms with Crippen LogP contribution < -0.4 is 9.64 Å². The molecular weight excluding hydrogens is 302 g/mol. The second kappa shape index (κ2) is 5.54. The molecule has 0 unspecified atom stereocenters. The Labute approximate surface area is 133 Å². The molecule has 1 aliphatic rings. The molecule has 0 aromatic heterocycles. The molecule has 1 fully saturated rings. The van der Waals surface area contributed by atoms with Gasteiger partial charge in [-0.25, -0.2) is 0 Å². The minimum absolute atomic E-state index is 0.0343. The van der Waals surface area contributed by atoms with Gasteiger partial charge in [-0.1, -0.05) is 23.8 Å². The predicted octanol–water partition coefficient (Wildman–Crippen LogP) is 3.40. The molecule has 2 aromatic rings. The number of phenolic OH excluding ortho intramolecular Hbond substituents is 1. The van der Waals surface area contributed by atoms with E-state index in [1.54, 1.807) is 17.0 Å². The summed E-state index contributed by atoms with van der Waals surface area (Å²) in [5.74, 6) is 0.292. The molecule has 114 valence electrons. The Kier molecular flexibility index (Phi) is 3.71. The summed E-state index contributed by atoms with van der Waals surface area (Å²) in [6.07, 6.45) is 0. The number of β-lactam (4-membered cyclic amide) rings is 1. The number of benzene rings is 2. The number of anilines is 1.